The highest BCUT2D eigenvalue weighted by Crippen LogP contribution is 2.46. The fourth-order valence-electron chi connectivity index (χ4n) is 3.44. The minimum absolute atomic E-state index is 0.146. The van der Waals surface area contributed by atoms with Crippen LogP contribution in [0, 0.1) is 12.7 Å². The molecule has 29 heavy (non-hydrogen) atoms. The number of hydrogen-bond acceptors (Lipinski definition) is 6. The predicted octanol–water partition coefficient (Wildman–Crippen LogP) is 3.41. The van der Waals surface area contributed by atoms with E-state index in [9.17, 15) is 9.18 Å². The zero-order valence-electron chi connectivity index (χ0n) is 15.0. The number of aromatic nitrogens is 6. The molecular formula is C18H13ClFN7OS. The second-order valence-electron chi connectivity index (χ2n) is 6.43. The number of imidazole rings is 1. The second-order valence-corrected chi connectivity index (χ2v) is 7.93. The molecule has 5 rings (SSSR count). The van der Waals surface area contributed by atoms with Crippen molar-refractivity contribution in [3.63, 3.8) is 0 Å². The van der Waals surface area contributed by atoms with Gasteiger partial charge in [0.05, 0.1) is 23.0 Å². The van der Waals surface area contributed by atoms with Crippen molar-refractivity contribution in [3.05, 3.63) is 58.5 Å². The van der Waals surface area contributed by atoms with E-state index in [0.717, 1.165) is 0 Å². The summed E-state index contributed by atoms with van der Waals surface area (Å²) in [5.74, 6) is 0.355. The number of carbonyl (C=O) groups is 1. The van der Waals surface area contributed by atoms with Crippen LogP contribution in [0.15, 0.2) is 30.9 Å². The van der Waals surface area contributed by atoms with E-state index in [2.05, 4.69) is 30.4 Å². The van der Waals surface area contributed by atoms with Crippen molar-refractivity contribution in [1.29, 1.82) is 0 Å². The molecule has 1 atom stereocenters. The number of aromatic amines is 1. The molecule has 0 bridgehead atoms. The third-order valence-corrected chi connectivity index (χ3v) is 6.24. The lowest BCUT2D eigenvalue weighted by Crippen LogP contribution is -2.16. The molecule has 1 aliphatic rings. The molecule has 1 amide bonds. The largest absolute Gasteiger partial charge is 0.340 e. The van der Waals surface area contributed by atoms with Crippen molar-refractivity contribution in [2.45, 2.75) is 12.2 Å². The summed E-state index contributed by atoms with van der Waals surface area (Å²) in [6.07, 6.45) is 2.88. The quantitative estimate of drug-likeness (QED) is 0.506. The second kappa shape index (κ2) is 6.82. The number of fused-ring (bicyclic) bond motifs is 2. The van der Waals surface area contributed by atoms with Crippen LogP contribution < -0.4 is 5.32 Å². The van der Waals surface area contributed by atoms with Gasteiger partial charge in [0, 0.05) is 16.1 Å². The first-order valence-electron chi connectivity index (χ1n) is 8.64. The molecule has 1 aromatic carbocycles. The summed E-state index contributed by atoms with van der Waals surface area (Å²) >= 11 is 7.64. The standard InChI is InChI=1S/C18H13ClFN7OS/c1-8-12-15(13-9(19)3-2-4-10(13)20)29-5-11(28)25-17(12)27(26-8)18-14-16(22-6-21-14)23-7-24-18/h2-4,6-7,15H,5H2,1H3,(H,25,28)(H,21,22,23,24). The highest BCUT2D eigenvalue weighted by molar-refractivity contribution is 8.00. The Hall–Kier alpha value is -2.98. The van der Waals surface area contributed by atoms with E-state index in [0.29, 0.717) is 44.6 Å². The smallest absolute Gasteiger partial charge is 0.235 e. The Morgan fingerprint density at radius 2 is 2.14 bits per heavy atom. The fourth-order valence-corrected chi connectivity index (χ4v) is 5.02. The van der Waals surface area contributed by atoms with Crippen LogP contribution in [0.2, 0.25) is 5.02 Å². The summed E-state index contributed by atoms with van der Waals surface area (Å²) in [7, 11) is 0. The number of hydrogen-bond donors (Lipinski definition) is 2. The Bertz CT molecular complexity index is 1250. The van der Waals surface area contributed by atoms with Crippen LogP contribution in [-0.2, 0) is 4.79 Å². The van der Waals surface area contributed by atoms with Crippen LogP contribution in [0.4, 0.5) is 10.2 Å². The lowest BCUT2D eigenvalue weighted by molar-refractivity contribution is -0.113. The van der Waals surface area contributed by atoms with E-state index < -0.39 is 11.1 Å². The van der Waals surface area contributed by atoms with E-state index in [4.69, 9.17) is 11.6 Å². The molecule has 2 N–H and O–H groups in total. The number of aryl methyl sites for hydroxylation is 1. The molecule has 4 aromatic rings. The molecule has 146 valence electrons. The van der Waals surface area contributed by atoms with Crippen molar-refractivity contribution in [1.82, 2.24) is 29.7 Å². The van der Waals surface area contributed by atoms with Crippen LogP contribution in [0.3, 0.4) is 0 Å². The summed E-state index contributed by atoms with van der Waals surface area (Å²) in [6.45, 7) is 1.81. The fraction of sp³-hybridized carbons (Fsp3) is 0.167. The highest BCUT2D eigenvalue weighted by atomic mass is 35.5. The van der Waals surface area contributed by atoms with Crippen LogP contribution >= 0.6 is 23.4 Å². The molecule has 1 unspecified atom stereocenters. The number of nitrogens with zero attached hydrogens (tertiary/aromatic N) is 5. The maximum Gasteiger partial charge on any atom is 0.235 e. The molecule has 4 heterocycles. The Morgan fingerprint density at radius 1 is 1.28 bits per heavy atom. The van der Waals surface area contributed by atoms with E-state index in [-0.39, 0.29) is 11.7 Å². The molecule has 1 aliphatic heterocycles. The molecule has 0 spiro atoms. The summed E-state index contributed by atoms with van der Waals surface area (Å²) in [5.41, 5.74) is 2.68. The van der Waals surface area contributed by atoms with Crippen LogP contribution in [0.1, 0.15) is 22.1 Å². The van der Waals surface area contributed by atoms with Crippen molar-refractivity contribution >= 4 is 46.3 Å². The zero-order valence-corrected chi connectivity index (χ0v) is 16.6. The van der Waals surface area contributed by atoms with Gasteiger partial charge >= 0.3 is 0 Å². The molecule has 11 heteroatoms. The number of thioether (sulfide) groups is 1. The van der Waals surface area contributed by atoms with Crippen molar-refractivity contribution < 1.29 is 9.18 Å². The van der Waals surface area contributed by atoms with E-state index in [1.807, 2.05) is 0 Å². The third-order valence-electron chi connectivity index (χ3n) is 4.67. The monoisotopic (exact) mass is 429 g/mol. The zero-order chi connectivity index (χ0) is 20.1. The number of amides is 1. The van der Waals surface area contributed by atoms with E-state index in [1.54, 1.807) is 19.1 Å². The van der Waals surface area contributed by atoms with Gasteiger partial charge in [-0.1, -0.05) is 17.7 Å². The molecule has 8 nitrogen and oxygen atoms in total. The van der Waals surface area contributed by atoms with Gasteiger partial charge in [0.15, 0.2) is 11.5 Å². The van der Waals surface area contributed by atoms with E-state index >= 15 is 0 Å². The molecule has 0 saturated carbocycles. The summed E-state index contributed by atoms with van der Waals surface area (Å²) in [4.78, 5) is 28.0. The van der Waals surface area contributed by atoms with E-state index in [1.165, 1.54) is 35.2 Å². The van der Waals surface area contributed by atoms with Crippen LogP contribution in [0.5, 0.6) is 0 Å². The van der Waals surface area contributed by atoms with Crippen molar-refractivity contribution in [2.75, 3.05) is 11.1 Å². The minimum Gasteiger partial charge on any atom is -0.340 e. The van der Waals surface area contributed by atoms with Crippen LogP contribution in [0.25, 0.3) is 17.0 Å². The number of halogens is 2. The van der Waals surface area contributed by atoms with Gasteiger partial charge in [-0.3, -0.25) is 4.79 Å². The summed E-state index contributed by atoms with van der Waals surface area (Å²) < 4.78 is 16.2. The average Bonchev–Trinajstić information content (AvgIpc) is 3.24. The van der Waals surface area contributed by atoms with Gasteiger partial charge in [-0.15, -0.1) is 11.8 Å². The Balaban J connectivity index is 1.77. The van der Waals surface area contributed by atoms with Gasteiger partial charge < -0.3 is 10.3 Å². The van der Waals surface area contributed by atoms with Crippen molar-refractivity contribution in [2.24, 2.45) is 0 Å². The number of anilines is 1. The van der Waals surface area contributed by atoms with Gasteiger partial charge in [0.1, 0.15) is 23.5 Å². The molecule has 0 fully saturated rings. The number of nitrogens with one attached hydrogen (secondary N) is 2. The third kappa shape index (κ3) is 2.87. The van der Waals surface area contributed by atoms with Crippen LogP contribution in [-0.4, -0.2) is 41.4 Å². The molecule has 0 saturated heterocycles. The first-order chi connectivity index (χ1) is 14.0. The molecule has 0 radical (unpaired) electrons. The Kier molecular flexibility index (Phi) is 4.25. The van der Waals surface area contributed by atoms with Gasteiger partial charge in [-0.25, -0.2) is 19.3 Å². The van der Waals surface area contributed by atoms with Gasteiger partial charge in [0.2, 0.25) is 5.91 Å². The molecular weight excluding hydrogens is 417 g/mol. The normalized spacial score (nSPS) is 16.5. The van der Waals surface area contributed by atoms with Gasteiger partial charge in [0.25, 0.3) is 0 Å². The summed E-state index contributed by atoms with van der Waals surface area (Å²) in [6, 6.07) is 4.55. The first-order valence-corrected chi connectivity index (χ1v) is 10.1. The number of benzene rings is 1. The minimum atomic E-state index is -0.509. The molecule has 0 aliphatic carbocycles. The Morgan fingerprint density at radius 3 is 2.97 bits per heavy atom. The maximum atomic E-state index is 14.7. The Labute approximate surface area is 172 Å². The molecule has 3 aromatic heterocycles. The predicted molar refractivity (Wildman–Crippen MR) is 108 cm³/mol. The number of H-pyrrole nitrogens is 1. The average molecular weight is 430 g/mol. The lowest BCUT2D eigenvalue weighted by Gasteiger charge is -2.17. The topological polar surface area (TPSA) is 101 Å². The highest BCUT2D eigenvalue weighted by Gasteiger charge is 2.33. The number of rotatable bonds is 2. The maximum absolute atomic E-state index is 14.7. The first kappa shape index (κ1) is 18.1. The summed E-state index contributed by atoms with van der Waals surface area (Å²) in [5, 5.41) is 7.26. The lowest BCUT2D eigenvalue weighted by atomic mass is 10.0. The van der Waals surface area contributed by atoms with Crippen molar-refractivity contribution in [3.8, 4) is 5.82 Å². The van der Waals surface area contributed by atoms with Gasteiger partial charge in [-0.05, 0) is 19.1 Å². The van der Waals surface area contributed by atoms with Gasteiger partial charge in [-0.2, -0.15) is 9.78 Å². The number of carbonyl (C=O) groups excluding carboxylic acids is 1. The SMILES string of the molecule is Cc1nn(-c2ncnc3nc[nH]c23)c2c1C(c1c(F)cccc1Cl)SCC(=O)N2.